The van der Waals surface area contributed by atoms with Gasteiger partial charge in [-0.2, -0.15) is 0 Å². The fourth-order valence-electron chi connectivity index (χ4n) is 5.20. The number of ether oxygens (including phenoxy) is 1. The summed E-state index contributed by atoms with van der Waals surface area (Å²) in [5.41, 5.74) is 0. The van der Waals surface area contributed by atoms with E-state index >= 15 is 0 Å². The number of carbonyl (C=O) groups excluding carboxylic acids is 1. The van der Waals surface area contributed by atoms with Crippen LogP contribution in [0.1, 0.15) is 206 Å². The Kier molecular flexibility index (Phi) is 39.9. The van der Waals surface area contributed by atoms with Crippen LogP contribution >= 0.6 is 0 Å². The van der Waals surface area contributed by atoms with Gasteiger partial charge in [0.05, 0.1) is 6.61 Å². The lowest BCUT2D eigenvalue weighted by Crippen LogP contribution is -2.05. The molecule has 0 radical (unpaired) electrons. The predicted molar refractivity (Wildman–Crippen MR) is 180 cm³/mol. The Balaban J connectivity index is 0. The lowest BCUT2D eigenvalue weighted by Gasteiger charge is -2.06. The molecular weight excluding hydrogens is 490 g/mol. The summed E-state index contributed by atoms with van der Waals surface area (Å²) in [6.07, 6.45) is 40.1. The third-order valence-corrected chi connectivity index (χ3v) is 7.75. The zero-order chi connectivity index (χ0) is 29.8. The monoisotopic (exact) mass is 568 g/mol. The fourth-order valence-corrected chi connectivity index (χ4v) is 5.20. The Morgan fingerprint density at radius 3 is 0.900 bits per heavy atom. The third-order valence-electron chi connectivity index (χ3n) is 7.75. The van der Waals surface area contributed by atoms with Crippen LogP contribution in [0.25, 0.3) is 0 Å². The van der Waals surface area contributed by atoms with Gasteiger partial charge >= 0.3 is 5.97 Å². The molecule has 0 aliphatic heterocycles. The topological polar surface area (TPSA) is 29.5 Å². The van der Waals surface area contributed by atoms with Crippen molar-refractivity contribution in [3.63, 3.8) is 0 Å². The number of hydrogen-bond acceptors (Lipinski definition) is 3. The molecule has 3 nitrogen and oxygen atoms in total. The molecule has 0 spiro atoms. The Bertz CT molecular complexity index is 413. The van der Waals surface area contributed by atoms with Crippen molar-refractivity contribution < 1.29 is 9.53 Å². The Morgan fingerprint density at radius 1 is 0.400 bits per heavy atom. The molecule has 0 atom stereocenters. The molecule has 0 rings (SSSR count). The highest BCUT2D eigenvalue weighted by Crippen LogP contribution is 2.15. The van der Waals surface area contributed by atoms with E-state index in [-0.39, 0.29) is 5.97 Å². The van der Waals surface area contributed by atoms with Gasteiger partial charge in [0.2, 0.25) is 0 Å². The highest BCUT2D eigenvalue weighted by atomic mass is 16.5. The summed E-state index contributed by atoms with van der Waals surface area (Å²) in [7, 11) is 6.00. The minimum atomic E-state index is 0.0272. The van der Waals surface area contributed by atoms with Gasteiger partial charge in [0.1, 0.15) is 0 Å². The first-order chi connectivity index (χ1) is 19.5. The second-order valence-corrected chi connectivity index (χ2v) is 12.9. The average Bonchev–Trinajstić information content (AvgIpc) is 2.92. The van der Waals surface area contributed by atoms with Crippen molar-refractivity contribution in [3.05, 3.63) is 0 Å². The molecule has 0 unspecified atom stereocenters. The Morgan fingerprint density at radius 2 is 0.625 bits per heavy atom. The van der Waals surface area contributed by atoms with Crippen LogP contribution in [0.2, 0.25) is 0 Å². The van der Waals surface area contributed by atoms with E-state index in [0.29, 0.717) is 13.0 Å². The van der Waals surface area contributed by atoms with Crippen molar-refractivity contribution in [2.75, 3.05) is 27.7 Å². The number of nitrogens with zero attached hydrogens (tertiary/aromatic N) is 1. The van der Waals surface area contributed by atoms with Crippen molar-refractivity contribution in [2.24, 2.45) is 0 Å². The van der Waals surface area contributed by atoms with Crippen molar-refractivity contribution in [1.82, 2.24) is 4.90 Å². The molecule has 0 aromatic carbocycles. The minimum Gasteiger partial charge on any atom is -0.466 e. The van der Waals surface area contributed by atoms with Crippen molar-refractivity contribution >= 4 is 5.97 Å². The summed E-state index contributed by atoms with van der Waals surface area (Å²) in [6, 6.07) is 0. The molecular formula is C37H77NO2. The van der Waals surface area contributed by atoms with E-state index in [2.05, 4.69) is 13.8 Å². The SMILES string of the molecule is CCCCCCCCCCCCCCCCCC(=O)OCCCCCCCCCCCCCCCC.CN(C)C. The fraction of sp³-hybridized carbons (Fsp3) is 0.973. The Hall–Kier alpha value is -0.570. The van der Waals surface area contributed by atoms with Gasteiger partial charge in [-0.1, -0.05) is 187 Å². The van der Waals surface area contributed by atoms with E-state index in [1.807, 2.05) is 26.0 Å². The van der Waals surface area contributed by atoms with E-state index in [4.69, 9.17) is 4.74 Å². The lowest BCUT2D eigenvalue weighted by molar-refractivity contribution is -0.143. The van der Waals surface area contributed by atoms with Crippen LogP contribution in [0.4, 0.5) is 0 Å². The van der Waals surface area contributed by atoms with Crippen molar-refractivity contribution in [1.29, 1.82) is 0 Å². The number of esters is 1. The molecule has 0 bridgehead atoms. The number of hydrogen-bond donors (Lipinski definition) is 0. The first-order valence-corrected chi connectivity index (χ1v) is 18.3. The van der Waals surface area contributed by atoms with Gasteiger partial charge in [-0.05, 0) is 34.0 Å². The summed E-state index contributed by atoms with van der Waals surface area (Å²) >= 11 is 0. The van der Waals surface area contributed by atoms with Gasteiger partial charge in [-0.15, -0.1) is 0 Å². The zero-order valence-electron chi connectivity index (χ0n) is 28.7. The van der Waals surface area contributed by atoms with E-state index in [9.17, 15) is 4.79 Å². The maximum absolute atomic E-state index is 11.9. The largest absolute Gasteiger partial charge is 0.466 e. The standard InChI is InChI=1S/C34H68O2.C3H9N/c1-3-5-7-9-11-13-15-17-19-20-22-24-26-28-30-32-34(35)36-33-31-29-27-25-23-21-18-16-14-12-10-8-6-4-2;1-4(2)3/h3-33H2,1-2H3;1-3H3. The van der Waals surface area contributed by atoms with Crippen molar-refractivity contribution in [2.45, 2.75) is 206 Å². The average molecular weight is 568 g/mol. The van der Waals surface area contributed by atoms with Crippen LogP contribution in [0, 0.1) is 0 Å². The van der Waals surface area contributed by atoms with Gasteiger partial charge in [0.15, 0.2) is 0 Å². The summed E-state index contributed by atoms with van der Waals surface area (Å²) in [5, 5.41) is 0. The van der Waals surface area contributed by atoms with E-state index in [0.717, 1.165) is 12.8 Å². The zero-order valence-corrected chi connectivity index (χ0v) is 28.7. The molecule has 0 amide bonds. The van der Waals surface area contributed by atoms with Gasteiger partial charge in [0, 0.05) is 6.42 Å². The normalized spacial score (nSPS) is 11.1. The van der Waals surface area contributed by atoms with Gasteiger partial charge < -0.3 is 9.64 Å². The highest BCUT2D eigenvalue weighted by molar-refractivity contribution is 5.69. The van der Waals surface area contributed by atoms with Crippen LogP contribution in [0.3, 0.4) is 0 Å². The molecule has 0 fully saturated rings. The minimum absolute atomic E-state index is 0.0272. The second kappa shape index (κ2) is 38.4. The van der Waals surface area contributed by atoms with Crippen molar-refractivity contribution in [3.8, 4) is 0 Å². The molecule has 0 aromatic rings. The molecule has 0 saturated carbocycles. The summed E-state index contributed by atoms with van der Waals surface area (Å²) < 4.78 is 5.43. The second-order valence-electron chi connectivity index (χ2n) is 12.9. The van der Waals surface area contributed by atoms with Crippen LogP contribution in [-0.2, 0) is 9.53 Å². The number of rotatable bonds is 31. The quantitative estimate of drug-likeness (QED) is 0.0616. The molecule has 0 heterocycles. The van der Waals surface area contributed by atoms with E-state index < -0.39 is 0 Å². The van der Waals surface area contributed by atoms with E-state index in [1.54, 1.807) is 0 Å². The van der Waals surface area contributed by atoms with Gasteiger partial charge in [-0.25, -0.2) is 0 Å². The molecule has 242 valence electrons. The summed E-state index contributed by atoms with van der Waals surface area (Å²) in [6.45, 7) is 5.21. The lowest BCUT2D eigenvalue weighted by atomic mass is 10.0. The van der Waals surface area contributed by atoms with Crippen LogP contribution in [0.5, 0.6) is 0 Å². The van der Waals surface area contributed by atoms with Crippen LogP contribution in [0.15, 0.2) is 0 Å². The molecule has 0 saturated heterocycles. The molecule has 0 N–H and O–H groups in total. The smallest absolute Gasteiger partial charge is 0.305 e. The molecule has 3 heteroatoms. The predicted octanol–water partition coefficient (Wildman–Crippen LogP) is 12.5. The highest BCUT2D eigenvalue weighted by Gasteiger charge is 2.03. The van der Waals surface area contributed by atoms with Crippen LogP contribution in [-0.4, -0.2) is 38.6 Å². The van der Waals surface area contributed by atoms with Crippen LogP contribution < -0.4 is 0 Å². The Labute approximate surface area is 254 Å². The maximum Gasteiger partial charge on any atom is 0.305 e. The van der Waals surface area contributed by atoms with E-state index in [1.165, 1.54) is 173 Å². The third kappa shape index (κ3) is 44.4. The molecule has 0 aliphatic rings. The summed E-state index contributed by atoms with van der Waals surface area (Å²) in [4.78, 5) is 13.9. The molecule has 40 heavy (non-hydrogen) atoms. The first-order valence-electron chi connectivity index (χ1n) is 18.3. The van der Waals surface area contributed by atoms with Gasteiger partial charge in [0.25, 0.3) is 0 Å². The number of carbonyl (C=O) groups is 1. The maximum atomic E-state index is 11.9. The number of unbranched alkanes of at least 4 members (excludes halogenated alkanes) is 27. The molecule has 0 aliphatic carbocycles. The molecule has 0 aromatic heterocycles. The summed E-state index contributed by atoms with van der Waals surface area (Å²) in [5.74, 6) is 0.0272. The van der Waals surface area contributed by atoms with Gasteiger partial charge in [-0.3, -0.25) is 4.79 Å². The first kappa shape index (κ1) is 41.6.